The molecule has 0 saturated heterocycles. The largest absolute Gasteiger partial charge is 0.307 e. The van der Waals surface area contributed by atoms with Crippen LogP contribution in [0.15, 0.2) is 23.6 Å². The summed E-state index contributed by atoms with van der Waals surface area (Å²) in [5.41, 5.74) is 1.75. The van der Waals surface area contributed by atoms with E-state index in [1.165, 1.54) is 12.1 Å². The summed E-state index contributed by atoms with van der Waals surface area (Å²) in [5, 5.41) is 6.40. The molecule has 0 aliphatic carbocycles. The molecule has 1 aromatic heterocycles. The first-order valence-electron chi connectivity index (χ1n) is 5.15. The van der Waals surface area contributed by atoms with Crippen LogP contribution in [0.3, 0.4) is 0 Å². The first kappa shape index (κ1) is 12.5. The highest BCUT2D eigenvalue weighted by molar-refractivity contribution is 7.09. The highest BCUT2D eigenvalue weighted by atomic mass is 35.5. The van der Waals surface area contributed by atoms with Crippen molar-refractivity contribution in [3.8, 4) is 0 Å². The maximum absolute atomic E-state index is 13.3. The molecule has 0 spiro atoms. The predicted octanol–water partition coefficient (Wildman–Crippen LogP) is 3.55. The van der Waals surface area contributed by atoms with E-state index >= 15 is 0 Å². The van der Waals surface area contributed by atoms with E-state index in [4.69, 9.17) is 11.6 Å². The van der Waals surface area contributed by atoms with Crippen molar-refractivity contribution >= 4 is 22.9 Å². The fraction of sp³-hybridized carbons (Fsp3) is 0.250. The summed E-state index contributed by atoms with van der Waals surface area (Å²) in [6.07, 6.45) is 0. The quantitative estimate of drug-likeness (QED) is 0.923. The van der Waals surface area contributed by atoms with Gasteiger partial charge in [0.2, 0.25) is 0 Å². The molecule has 0 fully saturated rings. The maximum Gasteiger partial charge on any atom is 0.125 e. The lowest BCUT2D eigenvalue weighted by Crippen LogP contribution is -2.17. The fourth-order valence-corrected chi connectivity index (χ4v) is 2.84. The molecule has 1 atom stereocenters. The minimum absolute atomic E-state index is 0.123. The molecule has 2 rings (SSSR count). The highest BCUT2D eigenvalue weighted by Gasteiger charge is 2.16. The van der Waals surface area contributed by atoms with E-state index in [0.29, 0.717) is 5.02 Å². The van der Waals surface area contributed by atoms with Crippen molar-refractivity contribution in [1.29, 1.82) is 0 Å². The summed E-state index contributed by atoms with van der Waals surface area (Å²) in [7, 11) is 1.82. The van der Waals surface area contributed by atoms with E-state index < -0.39 is 0 Å². The molecular formula is C12H12ClFN2S. The van der Waals surface area contributed by atoms with Crippen molar-refractivity contribution in [3.05, 3.63) is 50.7 Å². The monoisotopic (exact) mass is 270 g/mol. The van der Waals surface area contributed by atoms with Gasteiger partial charge in [-0.25, -0.2) is 9.37 Å². The van der Waals surface area contributed by atoms with Crippen molar-refractivity contribution in [1.82, 2.24) is 10.3 Å². The molecule has 0 aliphatic heterocycles. The number of benzene rings is 1. The van der Waals surface area contributed by atoms with Crippen molar-refractivity contribution in [2.45, 2.75) is 13.0 Å². The molecule has 1 heterocycles. The van der Waals surface area contributed by atoms with Gasteiger partial charge < -0.3 is 5.32 Å². The second-order valence-corrected chi connectivity index (χ2v) is 5.08. The molecule has 0 amide bonds. The molecule has 0 radical (unpaired) electrons. The van der Waals surface area contributed by atoms with Crippen LogP contribution < -0.4 is 5.32 Å². The zero-order chi connectivity index (χ0) is 12.4. The van der Waals surface area contributed by atoms with Gasteiger partial charge in [-0.2, -0.15) is 0 Å². The van der Waals surface area contributed by atoms with Crippen molar-refractivity contribution in [2.24, 2.45) is 0 Å². The summed E-state index contributed by atoms with van der Waals surface area (Å²) in [4.78, 5) is 4.41. The molecule has 5 heteroatoms. The molecule has 0 saturated carbocycles. The van der Waals surface area contributed by atoms with E-state index in [2.05, 4.69) is 10.3 Å². The van der Waals surface area contributed by atoms with E-state index in [-0.39, 0.29) is 11.9 Å². The molecule has 1 aromatic carbocycles. The Morgan fingerprint density at radius 1 is 1.41 bits per heavy atom. The number of thiazole rings is 1. The number of halogens is 2. The summed E-state index contributed by atoms with van der Waals surface area (Å²) in [5.74, 6) is -0.332. The Morgan fingerprint density at radius 2 is 2.18 bits per heavy atom. The van der Waals surface area contributed by atoms with Crippen LogP contribution in [-0.2, 0) is 0 Å². The molecule has 2 aromatic rings. The van der Waals surface area contributed by atoms with E-state index in [0.717, 1.165) is 16.3 Å². The third kappa shape index (κ3) is 2.83. The summed E-state index contributed by atoms with van der Waals surface area (Å²) >= 11 is 7.41. The van der Waals surface area contributed by atoms with Crippen molar-refractivity contribution in [2.75, 3.05) is 7.05 Å². The molecule has 0 aliphatic rings. The van der Waals surface area contributed by atoms with Crippen molar-refractivity contribution < 1.29 is 4.39 Å². The summed E-state index contributed by atoms with van der Waals surface area (Å²) in [6, 6.07) is 4.40. The average Bonchev–Trinajstić information content (AvgIpc) is 2.64. The SMILES string of the molecule is CNC(c1cc(F)cc(Cl)c1)c1nc(C)cs1. The lowest BCUT2D eigenvalue weighted by atomic mass is 10.1. The van der Waals surface area contributed by atoms with Gasteiger partial charge in [-0.05, 0) is 37.7 Å². The average molecular weight is 271 g/mol. The van der Waals surface area contributed by atoms with Crippen LogP contribution in [0.1, 0.15) is 22.3 Å². The van der Waals surface area contributed by atoms with Crippen LogP contribution in [0.2, 0.25) is 5.02 Å². The van der Waals surface area contributed by atoms with Gasteiger partial charge >= 0.3 is 0 Å². The van der Waals surface area contributed by atoms with E-state index in [9.17, 15) is 4.39 Å². The van der Waals surface area contributed by atoms with Crippen LogP contribution in [0.25, 0.3) is 0 Å². The highest BCUT2D eigenvalue weighted by Crippen LogP contribution is 2.27. The second kappa shape index (κ2) is 5.12. The van der Waals surface area contributed by atoms with Crippen LogP contribution in [0.4, 0.5) is 4.39 Å². The molecule has 0 bridgehead atoms. The Labute approximate surface area is 108 Å². The van der Waals surface area contributed by atoms with E-state index in [1.807, 2.05) is 19.4 Å². The van der Waals surface area contributed by atoms with Gasteiger partial charge in [0.05, 0.1) is 6.04 Å². The summed E-state index contributed by atoms with van der Waals surface area (Å²) in [6.45, 7) is 1.94. The third-order valence-corrected chi connectivity index (χ3v) is 3.64. The van der Waals surface area contributed by atoms with Gasteiger partial charge in [0, 0.05) is 16.1 Å². The fourth-order valence-electron chi connectivity index (χ4n) is 1.68. The topological polar surface area (TPSA) is 24.9 Å². The molecule has 1 unspecified atom stereocenters. The van der Waals surface area contributed by atoms with Crippen LogP contribution >= 0.6 is 22.9 Å². The van der Waals surface area contributed by atoms with E-state index in [1.54, 1.807) is 17.4 Å². The van der Waals surface area contributed by atoms with Crippen molar-refractivity contribution in [3.63, 3.8) is 0 Å². The lowest BCUT2D eigenvalue weighted by Gasteiger charge is -2.14. The maximum atomic E-state index is 13.3. The number of aryl methyl sites for hydroxylation is 1. The number of rotatable bonds is 3. The molecular weight excluding hydrogens is 259 g/mol. The zero-order valence-corrected chi connectivity index (χ0v) is 11.1. The molecule has 2 nitrogen and oxygen atoms in total. The third-order valence-electron chi connectivity index (χ3n) is 2.39. The van der Waals surface area contributed by atoms with Gasteiger partial charge in [-0.1, -0.05) is 11.6 Å². The minimum Gasteiger partial charge on any atom is -0.307 e. The van der Waals surface area contributed by atoms with Gasteiger partial charge in [-0.15, -0.1) is 11.3 Å². The first-order chi connectivity index (χ1) is 8.10. The second-order valence-electron chi connectivity index (χ2n) is 3.75. The number of hydrogen-bond donors (Lipinski definition) is 1. The van der Waals surface area contributed by atoms with Gasteiger partial charge in [0.25, 0.3) is 0 Å². The molecule has 1 N–H and O–H groups in total. The Bertz CT molecular complexity index is 507. The molecule has 90 valence electrons. The smallest absolute Gasteiger partial charge is 0.125 e. The Kier molecular flexibility index (Phi) is 3.76. The Morgan fingerprint density at radius 3 is 2.71 bits per heavy atom. The van der Waals surface area contributed by atoms with Crippen LogP contribution in [0, 0.1) is 12.7 Å². The predicted molar refractivity (Wildman–Crippen MR) is 69.2 cm³/mol. The first-order valence-corrected chi connectivity index (χ1v) is 6.41. The molecule has 17 heavy (non-hydrogen) atoms. The number of hydrogen-bond acceptors (Lipinski definition) is 3. The van der Waals surface area contributed by atoms with Crippen LogP contribution in [-0.4, -0.2) is 12.0 Å². The zero-order valence-electron chi connectivity index (χ0n) is 9.50. The lowest BCUT2D eigenvalue weighted by molar-refractivity contribution is 0.616. The van der Waals surface area contributed by atoms with Gasteiger partial charge in [-0.3, -0.25) is 0 Å². The minimum atomic E-state index is -0.332. The number of nitrogens with one attached hydrogen (secondary N) is 1. The van der Waals surface area contributed by atoms with Gasteiger partial charge in [0.1, 0.15) is 10.8 Å². The Hall–Kier alpha value is -0.970. The number of nitrogens with zero attached hydrogens (tertiary/aromatic N) is 1. The summed E-state index contributed by atoms with van der Waals surface area (Å²) < 4.78 is 13.3. The van der Waals surface area contributed by atoms with Gasteiger partial charge in [0.15, 0.2) is 0 Å². The van der Waals surface area contributed by atoms with Crippen LogP contribution in [0.5, 0.6) is 0 Å². The normalized spacial score (nSPS) is 12.7. The number of aromatic nitrogens is 1. The standard InChI is InChI=1S/C12H12ClFN2S/c1-7-6-17-12(16-7)11(15-2)8-3-9(13)5-10(14)4-8/h3-6,11,15H,1-2H3. The Balaban J connectivity index is 2.41.